The van der Waals surface area contributed by atoms with Crippen molar-refractivity contribution in [1.29, 1.82) is 0 Å². The van der Waals surface area contributed by atoms with Crippen LogP contribution in [0.3, 0.4) is 0 Å². The standard InChI is InChI=1S/C16H22O7S/c1-9(2)14(18)15(13-8-12(17)16(19)22-13)23-24(20,21)11-6-4-10(3)5-7-11/h4-7,12-13,15-19H,8H2,1-3H3/t12-,13+,15+,16+/m1/s1. The molecule has 0 aromatic heterocycles. The molecule has 24 heavy (non-hydrogen) atoms. The second kappa shape index (κ2) is 7.20. The summed E-state index contributed by atoms with van der Waals surface area (Å²) in [5.74, 6) is -0.308. The van der Waals surface area contributed by atoms with E-state index in [1.807, 2.05) is 6.92 Å². The molecule has 1 aromatic carbocycles. The molecule has 134 valence electrons. The first kappa shape index (κ1) is 18.9. The van der Waals surface area contributed by atoms with Crippen molar-refractivity contribution >= 4 is 10.1 Å². The highest BCUT2D eigenvalue weighted by Crippen LogP contribution is 2.29. The smallest absolute Gasteiger partial charge is 0.297 e. The Kier molecular flexibility index (Phi) is 5.67. The predicted octanol–water partition coefficient (Wildman–Crippen LogP) is 1.39. The molecule has 1 fully saturated rings. The van der Waals surface area contributed by atoms with Gasteiger partial charge in [-0.05, 0) is 38.5 Å². The molecular weight excluding hydrogens is 336 g/mol. The summed E-state index contributed by atoms with van der Waals surface area (Å²) < 4.78 is 35.2. The Labute approximate surface area is 141 Å². The van der Waals surface area contributed by atoms with Crippen LogP contribution in [0.25, 0.3) is 0 Å². The highest BCUT2D eigenvalue weighted by molar-refractivity contribution is 7.86. The lowest BCUT2D eigenvalue weighted by atomic mass is 10.1. The molecule has 1 aliphatic heterocycles. The van der Waals surface area contributed by atoms with Crippen LogP contribution in [0.15, 0.2) is 40.5 Å². The number of aryl methyl sites for hydroxylation is 1. The first-order chi connectivity index (χ1) is 11.1. The predicted molar refractivity (Wildman–Crippen MR) is 85.7 cm³/mol. The maximum Gasteiger partial charge on any atom is 0.297 e. The summed E-state index contributed by atoms with van der Waals surface area (Å²) in [7, 11) is -4.16. The van der Waals surface area contributed by atoms with Crippen LogP contribution in [0.4, 0.5) is 0 Å². The van der Waals surface area contributed by atoms with Gasteiger partial charge >= 0.3 is 0 Å². The molecule has 0 unspecified atom stereocenters. The van der Waals surface area contributed by atoms with Crippen molar-refractivity contribution in [1.82, 2.24) is 0 Å². The topological polar surface area (TPSA) is 113 Å². The Bertz CT molecular complexity index is 694. The molecule has 2 rings (SSSR count). The number of ether oxygens (including phenoxy) is 1. The van der Waals surface area contributed by atoms with E-state index in [1.165, 1.54) is 12.1 Å². The van der Waals surface area contributed by atoms with Crippen molar-refractivity contribution in [3.8, 4) is 0 Å². The van der Waals surface area contributed by atoms with E-state index in [2.05, 4.69) is 0 Å². The quantitative estimate of drug-likeness (QED) is 0.538. The number of rotatable bonds is 5. The third-order valence-electron chi connectivity index (χ3n) is 3.78. The maximum absolute atomic E-state index is 12.5. The molecule has 0 bridgehead atoms. The fraction of sp³-hybridized carbons (Fsp3) is 0.500. The average Bonchev–Trinajstić information content (AvgIpc) is 2.84. The van der Waals surface area contributed by atoms with Crippen molar-refractivity contribution < 1.29 is 32.7 Å². The number of allylic oxidation sites excluding steroid dienone is 1. The molecule has 0 amide bonds. The van der Waals surface area contributed by atoms with E-state index in [-0.39, 0.29) is 17.1 Å². The minimum Gasteiger partial charge on any atom is -0.509 e. The Balaban J connectivity index is 2.31. The molecule has 7 nitrogen and oxygen atoms in total. The second-order valence-electron chi connectivity index (χ2n) is 6.04. The average molecular weight is 358 g/mol. The molecule has 4 atom stereocenters. The normalized spacial score (nSPS) is 25.5. The molecule has 0 saturated carbocycles. The summed E-state index contributed by atoms with van der Waals surface area (Å²) >= 11 is 0. The number of benzene rings is 1. The van der Waals surface area contributed by atoms with Crippen LogP contribution in [0.5, 0.6) is 0 Å². The summed E-state index contributed by atoms with van der Waals surface area (Å²) in [5, 5.41) is 29.3. The van der Waals surface area contributed by atoms with Gasteiger partial charge in [0.1, 0.15) is 11.9 Å². The van der Waals surface area contributed by atoms with E-state index >= 15 is 0 Å². The molecule has 0 aliphatic carbocycles. The molecule has 8 heteroatoms. The maximum atomic E-state index is 12.5. The zero-order valence-electron chi connectivity index (χ0n) is 13.7. The van der Waals surface area contributed by atoms with Crippen LogP contribution < -0.4 is 0 Å². The number of hydrogen-bond donors (Lipinski definition) is 3. The Morgan fingerprint density at radius 3 is 2.29 bits per heavy atom. The van der Waals surface area contributed by atoms with Crippen LogP contribution in [0.2, 0.25) is 0 Å². The molecule has 1 saturated heterocycles. The zero-order valence-corrected chi connectivity index (χ0v) is 14.5. The number of aliphatic hydroxyl groups is 3. The van der Waals surface area contributed by atoms with Gasteiger partial charge < -0.3 is 20.1 Å². The fourth-order valence-corrected chi connectivity index (χ4v) is 3.41. The van der Waals surface area contributed by atoms with Gasteiger partial charge in [-0.1, -0.05) is 17.7 Å². The summed E-state index contributed by atoms with van der Waals surface area (Å²) in [5.41, 5.74) is 1.33. The van der Waals surface area contributed by atoms with Gasteiger partial charge in [-0.25, -0.2) is 0 Å². The first-order valence-electron chi connectivity index (χ1n) is 7.49. The lowest BCUT2D eigenvalue weighted by Gasteiger charge is -2.23. The summed E-state index contributed by atoms with van der Waals surface area (Å²) in [4.78, 5) is -0.0567. The molecule has 1 heterocycles. The summed E-state index contributed by atoms with van der Waals surface area (Å²) in [6.45, 7) is 5.00. The largest absolute Gasteiger partial charge is 0.509 e. The number of aliphatic hydroxyl groups excluding tert-OH is 3. The highest BCUT2D eigenvalue weighted by Gasteiger charge is 2.42. The van der Waals surface area contributed by atoms with Gasteiger partial charge in [-0.3, -0.25) is 4.18 Å². The Morgan fingerprint density at radius 1 is 1.25 bits per heavy atom. The number of hydrogen-bond acceptors (Lipinski definition) is 7. The first-order valence-corrected chi connectivity index (χ1v) is 8.90. The van der Waals surface area contributed by atoms with Gasteiger partial charge in [0.25, 0.3) is 10.1 Å². The van der Waals surface area contributed by atoms with E-state index in [0.29, 0.717) is 5.57 Å². The van der Waals surface area contributed by atoms with E-state index < -0.39 is 34.7 Å². The van der Waals surface area contributed by atoms with Crippen LogP contribution in [0, 0.1) is 6.92 Å². The molecule has 3 N–H and O–H groups in total. The van der Waals surface area contributed by atoms with Crippen LogP contribution in [-0.2, 0) is 19.0 Å². The van der Waals surface area contributed by atoms with Gasteiger partial charge in [-0.15, -0.1) is 0 Å². The van der Waals surface area contributed by atoms with Crippen molar-refractivity contribution in [2.24, 2.45) is 0 Å². The van der Waals surface area contributed by atoms with Gasteiger partial charge in [0, 0.05) is 6.42 Å². The van der Waals surface area contributed by atoms with Gasteiger partial charge in [0.15, 0.2) is 12.4 Å². The second-order valence-corrected chi connectivity index (χ2v) is 7.61. The summed E-state index contributed by atoms with van der Waals surface area (Å²) in [6.07, 6.45) is -5.04. The Morgan fingerprint density at radius 2 is 1.83 bits per heavy atom. The lowest BCUT2D eigenvalue weighted by molar-refractivity contribution is -0.141. The highest BCUT2D eigenvalue weighted by atomic mass is 32.2. The lowest BCUT2D eigenvalue weighted by Crippen LogP contribution is -2.34. The van der Waals surface area contributed by atoms with Gasteiger partial charge in [0.05, 0.1) is 11.0 Å². The third-order valence-corrected chi connectivity index (χ3v) is 5.09. The monoisotopic (exact) mass is 358 g/mol. The SMILES string of the molecule is CC(C)=C(O)[C@@H](OS(=O)(=O)c1ccc(C)cc1)[C@@H]1C[C@@H](O)[C@@H](O)O1. The van der Waals surface area contributed by atoms with Crippen molar-refractivity contribution in [2.45, 2.75) is 56.7 Å². The van der Waals surface area contributed by atoms with Crippen molar-refractivity contribution in [3.05, 3.63) is 41.2 Å². The minimum absolute atomic E-state index is 0.0567. The van der Waals surface area contributed by atoms with Crippen molar-refractivity contribution in [3.63, 3.8) is 0 Å². The van der Waals surface area contributed by atoms with E-state index in [9.17, 15) is 23.7 Å². The van der Waals surface area contributed by atoms with E-state index in [4.69, 9.17) is 8.92 Å². The molecule has 1 aliphatic rings. The van der Waals surface area contributed by atoms with E-state index in [1.54, 1.807) is 26.0 Å². The van der Waals surface area contributed by atoms with Crippen molar-refractivity contribution in [2.75, 3.05) is 0 Å². The van der Waals surface area contributed by atoms with Gasteiger partial charge in [-0.2, -0.15) is 8.42 Å². The Hall–Kier alpha value is -1.45. The van der Waals surface area contributed by atoms with Crippen LogP contribution >= 0.6 is 0 Å². The molecular formula is C16H22O7S. The fourth-order valence-electron chi connectivity index (χ4n) is 2.34. The van der Waals surface area contributed by atoms with Gasteiger partial charge in [0.2, 0.25) is 0 Å². The molecule has 0 spiro atoms. The zero-order chi connectivity index (χ0) is 18.1. The minimum atomic E-state index is -4.16. The molecule has 0 radical (unpaired) electrons. The molecule has 1 aromatic rings. The third kappa shape index (κ3) is 4.14. The van der Waals surface area contributed by atoms with Crippen LogP contribution in [-0.4, -0.2) is 48.3 Å². The van der Waals surface area contributed by atoms with E-state index in [0.717, 1.165) is 5.56 Å². The summed E-state index contributed by atoms with van der Waals surface area (Å²) in [6, 6.07) is 6.07. The van der Waals surface area contributed by atoms with Crippen LogP contribution in [0.1, 0.15) is 25.8 Å².